The van der Waals surface area contributed by atoms with E-state index in [1.165, 1.54) is 19.2 Å². The molecule has 0 aliphatic rings. The number of ketones is 1. The molecule has 0 bridgehead atoms. The number of nitro benzene ring substituents is 1. The summed E-state index contributed by atoms with van der Waals surface area (Å²) in [6.45, 7) is 2.41. The number of ether oxygens (including phenoxy) is 2. The zero-order chi connectivity index (χ0) is 21.2. The van der Waals surface area contributed by atoms with Crippen molar-refractivity contribution in [2.45, 2.75) is 19.8 Å². The number of non-ortho nitro benzene ring substituents is 1. The van der Waals surface area contributed by atoms with Crippen LogP contribution < -0.4 is 5.32 Å². The Labute approximate surface area is 169 Å². The predicted octanol–water partition coefficient (Wildman–Crippen LogP) is 3.65. The van der Waals surface area contributed by atoms with Gasteiger partial charge in [0, 0.05) is 37.0 Å². The first-order valence-corrected chi connectivity index (χ1v) is 9.26. The number of carbonyl (C=O) groups is 2. The third kappa shape index (κ3) is 6.39. The number of anilines is 1. The van der Waals surface area contributed by atoms with Gasteiger partial charge < -0.3 is 14.8 Å². The van der Waals surface area contributed by atoms with Crippen molar-refractivity contribution in [2.24, 2.45) is 0 Å². The second-order valence-corrected chi connectivity index (χ2v) is 6.35. The van der Waals surface area contributed by atoms with E-state index in [0.717, 1.165) is 24.5 Å². The van der Waals surface area contributed by atoms with Crippen LogP contribution in [0.15, 0.2) is 42.5 Å². The van der Waals surface area contributed by atoms with Gasteiger partial charge in [-0.05, 0) is 18.1 Å². The Morgan fingerprint density at radius 3 is 2.48 bits per heavy atom. The number of Topliss-reactive ketones (excluding diaryl/α,β-unsaturated/α-hetero) is 1. The molecule has 0 unspecified atom stereocenters. The SMILES string of the molecule is CCCc1ccc(C(=O)COC(=O)c2cc([N+](=O)[O-])ccc2NCCOC)cc1. The van der Waals surface area contributed by atoms with Crippen LogP contribution >= 0.6 is 0 Å². The number of methoxy groups -OCH3 is 1. The van der Waals surface area contributed by atoms with Crippen molar-refractivity contribution >= 4 is 23.1 Å². The number of nitrogens with one attached hydrogen (secondary N) is 1. The van der Waals surface area contributed by atoms with Gasteiger partial charge in [0.2, 0.25) is 0 Å². The standard InChI is InChI=1S/C21H24N2O6/c1-3-4-15-5-7-16(8-6-15)20(24)14-29-21(25)18-13-17(23(26)27)9-10-19(18)22-11-12-28-2/h5-10,13,22H,3-4,11-12,14H2,1-2H3. The number of benzene rings is 2. The summed E-state index contributed by atoms with van der Waals surface area (Å²) in [5.74, 6) is -1.16. The summed E-state index contributed by atoms with van der Waals surface area (Å²) in [6, 6.07) is 11.0. The summed E-state index contributed by atoms with van der Waals surface area (Å²) in [5.41, 5.74) is 1.68. The maximum absolute atomic E-state index is 12.5. The Bertz CT molecular complexity index is 864. The van der Waals surface area contributed by atoms with Crippen LogP contribution in [0.5, 0.6) is 0 Å². The number of hydrogen-bond acceptors (Lipinski definition) is 7. The number of nitrogens with zero attached hydrogens (tertiary/aromatic N) is 1. The lowest BCUT2D eigenvalue weighted by Crippen LogP contribution is -2.17. The second kappa shape index (κ2) is 10.9. The molecule has 0 heterocycles. The number of hydrogen-bond donors (Lipinski definition) is 1. The lowest BCUT2D eigenvalue weighted by atomic mass is 10.1. The molecule has 1 N–H and O–H groups in total. The van der Waals surface area contributed by atoms with Crippen LogP contribution in [0, 0.1) is 10.1 Å². The Kier molecular flexibility index (Phi) is 8.29. The average molecular weight is 400 g/mol. The van der Waals surface area contributed by atoms with Crippen LogP contribution in [0.25, 0.3) is 0 Å². The van der Waals surface area contributed by atoms with E-state index in [4.69, 9.17) is 9.47 Å². The number of carbonyl (C=O) groups excluding carboxylic acids is 2. The molecule has 154 valence electrons. The van der Waals surface area contributed by atoms with Gasteiger partial charge in [-0.25, -0.2) is 4.79 Å². The molecule has 8 nitrogen and oxygen atoms in total. The van der Waals surface area contributed by atoms with Crippen LogP contribution in [0.1, 0.15) is 39.6 Å². The Morgan fingerprint density at radius 1 is 1.14 bits per heavy atom. The fourth-order valence-corrected chi connectivity index (χ4v) is 2.69. The summed E-state index contributed by atoms with van der Waals surface area (Å²) in [4.78, 5) is 35.2. The molecule has 2 aromatic rings. The summed E-state index contributed by atoms with van der Waals surface area (Å²) < 4.78 is 10.1. The molecule has 0 spiro atoms. The van der Waals surface area contributed by atoms with Crippen molar-refractivity contribution in [3.63, 3.8) is 0 Å². The summed E-state index contributed by atoms with van der Waals surface area (Å²) in [5, 5.41) is 14.0. The summed E-state index contributed by atoms with van der Waals surface area (Å²) >= 11 is 0. The van der Waals surface area contributed by atoms with Gasteiger partial charge in [0.05, 0.1) is 17.1 Å². The number of nitro groups is 1. The quantitative estimate of drug-likeness (QED) is 0.202. The maximum Gasteiger partial charge on any atom is 0.340 e. The van der Waals surface area contributed by atoms with Crippen LogP contribution in [-0.2, 0) is 15.9 Å². The third-order valence-corrected chi connectivity index (χ3v) is 4.20. The van der Waals surface area contributed by atoms with Gasteiger partial charge in [-0.15, -0.1) is 0 Å². The van der Waals surface area contributed by atoms with Crippen LogP contribution in [-0.4, -0.2) is 43.5 Å². The van der Waals surface area contributed by atoms with E-state index < -0.39 is 17.5 Å². The van der Waals surface area contributed by atoms with E-state index in [9.17, 15) is 19.7 Å². The van der Waals surface area contributed by atoms with E-state index in [1.54, 1.807) is 12.1 Å². The molecule has 0 aromatic heterocycles. The van der Waals surface area contributed by atoms with Gasteiger partial charge in [-0.1, -0.05) is 37.6 Å². The van der Waals surface area contributed by atoms with Crippen molar-refractivity contribution in [2.75, 3.05) is 32.2 Å². The van der Waals surface area contributed by atoms with E-state index >= 15 is 0 Å². The number of rotatable bonds is 11. The lowest BCUT2D eigenvalue weighted by Gasteiger charge is -2.11. The smallest absolute Gasteiger partial charge is 0.340 e. The fourth-order valence-electron chi connectivity index (χ4n) is 2.69. The minimum atomic E-state index is -0.815. The van der Waals surface area contributed by atoms with Crippen LogP contribution in [0.2, 0.25) is 0 Å². The number of aryl methyl sites for hydroxylation is 1. The molecule has 0 saturated carbocycles. The first-order valence-electron chi connectivity index (χ1n) is 9.26. The topological polar surface area (TPSA) is 108 Å². The first-order chi connectivity index (χ1) is 14.0. The molecular weight excluding hydrogens is 376 g/mol. The van der Waals surface area contributed by atoms with E-state index in [2.05, 4.69) is 12.2 Å². The molecule has 0 fully saturated rings. The van der Waals surface area contributed by atoms with E-state index in [0.29, 0.717) is 24.4 Å². The van der Waals surface area contributed by atoms with Gasteiger partial charge in [-0.2, -0.15) is 0 Å². The molecule has 0 atom stereocenters. The summed E-state index contributed by atoms with van der Waals surface area (Å²) in [6.07, 6.45) is 1.93. The predicted molar refractivity (Wildman–Crippen MR) is 109 cm³/mol. The van der Waals surface area contributed by atoms with E-state index in [1.807, 2.05) is 12.1 Å². The maximum atomic E-state index is 12.5. The summed E-state index contributed by atoms with van der Waals surface area (Å²) in [7, 11) is 1.53. The van der Waals surface area contributed by atoms with Gasteiger partial charge in [0.15, 0.2) is 12.4 Å². The Morgan fingerprint density at radius 2 is 1.86 bits per heavy atom. The third-order valence-electron chi connectivity index (χ3n) is 4.20. The molecule has 8 heteroatoms. The molecule has 0 amide bonds. The largest absolute Gasteiger partial charge is 0.454 e. The van der Waals surface area contributed by atoms with Gasteiger partial charge in [0.25, 0.3) is 5.69 Å². The van der Waals surface area contributed by atoms with Crippen LogP contribution in [0.4, 0.5) is 11.4 Å². The molecular formula is C21H24N2O6. The van der Waals surface area contributed by atoms with E-state index in [-0.39, 0.29) is 17.0 Å². The Balaban J connectivity index is 2.08. The van der Waals surface area contributed by atoms with Crippen molar-refractivity contribution in [1.82, 2.24) is 0 Å². The zero-order valence-electron chi connectivity index (χ0n) is 16.5. The number of esters is 1. The van der Waals surface area contributed by atoms with Crippen molar-refractivity contribution in [3.05, 3.63) is 69.3 Å². The first kappa shape index (κ1) is 22.0. The lowest BCUT2D eigenvalue weighted by molar-refractivity contribution is -0.384. The molecule has 29 heavy (non-hydrogen) atoms. The highest BCUT2D eigenvalue weighted by Crippen LogP contribution is 2.23. The van der Waals surface area contributed by atoms with Crippen molar-refractivity contribution in [3.8, 4) is 0 Å². The molecule has 2 rings (SSSR count). The fraction of sp³-hybridized carbons (Fsp3) is 0.333. The molecule has 0 radical (unpaired) electrons. The van der Waals surface area contributed by atoms with Gasteiger partial charge >= 0.3 is 5.97 Å². The molecule has 0 aliphatic carbocycles. The highest BCUT2D eigenvalue weighted by Gasteiger charge is 2.19. The zero-order valence-corrected chi connectivity index (χ0v) is 16.5. The highest BCUT2D eigenvalue weighted by atomic mass is 16.6. The molecule has 0 aliphatic heterocycles. The van der Waals surface area contributed by atoms with Crippen LogP contribution in [0.3, 0.4) is 0 Å². The monoisotopic (exact) mass is 400 g/mol. The highest BCUT2D eigenvalue weighted by molar-refractivity contribution is 6.01. The normalized spacial score (nSPS) is 10.4. The molecule has 0 saturated heterocycles. The second-order valence-electron chi connectivity index (χ2n) is 6.35. The van der Waals surface area contributed by atoms with Crippen molar-refractivity contribution < 1.29 is 24.0 Å². The average Bonchev–Trinajstić information content (AvgIpc) is 2.72. The van der Waals surface area contributed by atoms with Crippen molar-refractivity contribution in [1.29, 1.82) is 0 Å². The van der Waals surface area contributed by atoms with Gasteiger partial charge in [-0.3, -0.25) is 14.9 Å². The Hall–Kier alpha value is -3.26. The minimum absolute atomic E-state index is 0.0126. The van der Waals surface area contributed by atoms with Gasteiger partial charge in [0.1, 0.15) is 0 Å². The molecule has 2 aromatic carbocycles. The minimum Gasteiger partial charge on any atom is -0.454 e.